The van der Waals surface area contributed by atoms with Crippen LogP contribution in [0.25, 0.3) is 9.75 Å². The lowest BCUT2D eigenvalue weighted by Gasteiger charge is -2.47. The number of aliphatic imine (C=N–C) groups is 1. The SMILES string of the molecule is CC#Cc1ccc(-c2ccc(C(=O)[C@@H]3CC[C@@H]([C@H](Cc4cc(O)cc(NC[C@H](C)O)c4)NC(N)=NC)C[C@@]34CC[C@@H](CNCC)C4)s2)s1. The van der Waals surface area contributed by atoms with E-state index < -0.39 is 6.10 Å². The highest BCUT2D eigenvalue weighted by Gasteiger charge is 2.52. The highest BCUT2D eigenvalue weighted by molar-refractivity contribution is 7.23. The van der Waals surface area contributed by atoms with Crippen LogP contribution in [-0.4, -0.2) is 60.8 Å². The van der Waals surface area contributed by atoms with Crippen molar-refractivity contribution in [3.63, 3.8) is 0 Å². The molecule has 0 saturated heterocycles. The zero-order valence-corrected chi connectivity index (χ0v) is 30.3. The summed E-state index contributed by atoms with van der Waals surface area (Å²) >= 11 is 3.29. The lowest BCUT2D eigenvalue weighted by molar-refractivity contribution is 0.0389. The second-order valence-corrected chi connectivity index (χ2v) is 15.8. The number of carbonyl (C=O) groups is 1. The molecule has 3 aromatic rings. The highest BCUT2D eigenvalue weighted by atomic mass is 32.1. The van der Waals surface area contributed by atoms with E-state index in [-0.39, 0.29) is 29.0 Å². The van der Waals surface area contributed by atoms with E-state index in [0.717, 1.165) is 82.4 Å². The van der Waals surface area contributed by atoms with Gasteiger partial charge in [0, 0.05) is 47.1 Å². The number of aliphatic hydroxyl groups excluding tert-OH is 1. The van der Waals surface area contributed by atoms with Crippen LogP contribution in [0.5, 0.6) is 5.75 Å². The maximum absolute atomic E-state index is 14.5. The lowest BCUT2D eigenvalue weighted by Crippen LogP contribution is -2.50. The van der Waals surface area contributed by atoms with E-state index in [1.807, 2.05) is 19.1 Å². The molecule has 10 heteroatoms. The van der Waals surface area contributed by atoms with Crippen molar-refractivity contribution >= 4 is 40.1 Å². The number of benzene rings is 1. The van der Waals surface area contributed by atoms with Crippen molar-refractivity contribution in [1.29, 1.82) is 0 Å². The average molecular weight is 690 g/mol. The Kier molecular flexibility index (Phi) is 12.2. The van der Waals surface area contributed by atoms with Crippen molar-refractivity contribution in [3.05, 3.63) is 57.8 Å². The molecule has 2 aromatic heterocycles. The van der Waals surface area contributed by atoms with Gasteiger partial charge in [-0.05, 0) is 131 Å². The molecule has 1 aromatic carbocycles. The molecule has 2 heterocycles. The van der Waals surface area contributed by atoms with Gasteiger partial charge in [-0.1, -0.05) is 12.8 Å². The predicted octanol–water partition coefficient (Wildman–Crippen LogP) is 6.49. The first-order chi connectivity index (χ1) is 23.1. The summed E-state index contributed by atoms with van der Waals surface area (Å²) in [5.41, 5.74) is 7.95. The number of rotatable bonds is 13. The van der Waals surface area contributed by atoms with Crippen molar-refractivity contribution in [2.24, 2.45) is 33.9 Å². The van der Waals surface area contributed by atoms with E-state index in [2.05, 4.69) is 57.9 Å². The van der Waals surface area contributed by atoms with E-state index in [1.54, 1.807) is 48.8 Å². The number of anilines is 1. The molecule has 0 radical (unpaired) electrons. The van der Waals surface area contributed by atoms with Crippen LogP contribution in [0.2, 0.25) is 0 Å². The van der Waals surface area contributed by atoms with Crippen LogP contribution in [0.1, 0.15) is 79.4 Å². The van der Waals surface area contributed by atoms with Gasteiger partial charge in [0.05, 0.1) is 15.9 Å². The third-order valence-electron chi connectivity index (χ3n) is 10.1. The van der Waals surface area contributed by atoms with Crippen molar-refractivity contribution in [2.45, 2.75) is 77.9 Å². The smallest absolute Gasteiger partial charge is 0.188 e. The number of carbonyl (C=O) groups excluding carboxylic acids is 1. The molecule has 8 nitrogen and oxygen atoms in total. The number of Topliss-reactive ketones (excluding diaryl/α,β-unsaturated/α-hetero) is 1. The molecule has 2 aliphatic carbocycles. The van der Waals surface area contributed by atoms with Gasteiger partial charge in [-0.3, -0.25) is 9.79 Å². The summed E-state index contributed by atoms with van der Waals surface area (Å²) in [4.78, 5) is 22.9. The Hall–Kier alpha value is -3.36. The number of phenolic OH excluding ortho intramolecular Hbond substituents is 1. The summed E-state index contributed by atoms with van der Waals surface area (Å²) in [5, 5.41) is 30.6. The van der Waals surface area contributed by atoms with Gasteiger partial charge in [0.1, 0.15) is 5.75 Å². The Labute approximate surface area is 293 Å². The Balaban J connectivity index is 1.41. The zero-order chi connectivity index (χ0) is 34.3. The van der Waals surface area contributed by atoms with Crippen molar-refractivity contribution in [1.82, 2.24) is 10.6 Å². The van der Waals surface area contributed by atoms with Gasteiger partial charge < -0.3 is 31.9 Å². The number of hydrogen-bond acceptors (Lipinski definition) is 8. The van der Waals surface area contributed by atoms with Crippen molar-refractivity contribution in [3.8, 4) is 27.3 Å². The van der Waals surface area contributed by atoms with Gasteiger partial charge in [-0.15, -0.1) is 28.6 Å². The first-order valence-corrected chi connectivity index (χ1v) is 18.9. The van der Waals surface area contributed by atoms with E-state index >= 15 is 0 Å². The molecular weight excluding hydrogens is 639 g/mol. The fraction of sp³-hybridized carbons (Fsp3) is 0.526. The van der Waals surface area contributed by atoms with Crippen molar-refractivity contribution in [2.75, 3.05) is 32.0 Å². The second-order valence-electron chi connectivity index (χ2n) is 13.6. The van der Waals surface area contributed by atoms with E-state index in [0.29, 0.717) is 30.6 Å². The third kappa shape index (κ3) is 8.80. The molecule has 1 spiro atoms. The molecule has 6 atom stereocenters. The topological polar surface area (TPSA) is 132 Å². The molecule has 7 N–H and O–H groups in total. The summed E-state index contributed by atoms with van der Waals surface area (Å²) in [7, 11) is 1.69. The number of phenols is 1. The molecule has 0 amide bonds. The number of nitrogens with one attached hydrogen (secondary N) is 3. The summed E-state index contributed by atoms with van der Waals surface area (Å²) < 4.78 is 0. The molecule has 258 valence electrons. The largest absolute Gasteiger partial charge is 0.508 e. The predicted molar refractivity (Wildman–Crippen MR) is 200 cm³/mol. The Morgan fingerprint density at radius 3 is 2.67 bits per heavy atom. The molecule has 48 heavy (non-hydrogen) atoms. The molecule has 2 aliphatic rings. The third-order valence-corrected chi connectivity index (χ3v) is 12.4. The van der Waals surface area contributed by atoms with Crippen LogP contribution < -0.4 is 21.7 Å². The quantitative estimate of drug-likeness (QED) is 0.0524. The van der Waals surface area contributed by atoms with Crippen LogP contribution in [0.3, 0.4) is 0 Å². The fourth-order valence-electron chi connectivity index (χ4n) is 7.94. The molecule has 0 bridgehead atoms. The van der Waals surface area contributed by atoms with Gasteiger partial charge in [0.2, 0.25) is 0 Å². The average Bonchev–Trinajstić information content (AvgIpc) is 3.83. The Bertz CT molecular complexity index is 1640. The summed E-state index contributed by atoms with van der Waals surface area (Å²) in [5.74, 6) is 7.78. The molecule has 2 fully saturated rings. The number of guanidine groups is 1. The second kappa shape index (κ2) is 16.4. The van der Waals surface area contributed by atoms with Gasteiger partial charge in [0.15, 0.2) is 11.7 Å². The van der Waals surface area contributed by atoms with E-state index in [4.69, 9.17) is 5.73 Å². The number of aromatic hydroxyl groups is 1. The normalized spacial score (nSPS) is 23.8. The highest BCUT2D eigenvalue weighted by Crippen LogP contribution is 2.57. The van der Waals surface area contributed by atoms with Crippen LogP contribution in [0.15, 0.2) is 47.5 Å². The van der Waals surface area contributed by atoms with E-state index in [1.165, 1.54) is 0 Å². The monoisotopic (exact) mass is 689 g/mol. The lowest BCUT2D eigenvalue weighted by atomic mass is 9.58. The van der Waals surface area contributed by atoms with Crippen LogP contribution in [-0.2, 0) is 6.42 Å². The van der Waals surface area contributed by atoms with Crippen LogP contribution in [0, 0.1) is 35.0 Å². The minimum Gasteiger partial charge on any atom is -0.508 e. The number of thiophene rings is 2. The van der Waals surface area contributed by atoms with Gasteiger partial charge in [0.25, 0.3) is 0 Å². The van der Waals surface area contributed by atoms with Gasteiger partial charge in [-0.2, -0.15) is 0 Å². The summed E-state index contributed by atoms with van der Waals surface area (Å²) in [6.45, 7) is 8.05. The first-order valence-electron chi connectivity index (χ1n) is 17.2. The maximum atomic E-state index is 14.5. The van der Waals surface area contributed by atoms with Crippen LogP contribution >= 0.6 is 22.7 Å². The maximum Gasteiger partial charge on any atom is 0.188 e. The number of aliphatic hydroxyl groups is 1. The fourth-order valence-corrected chi connectivity index (χ4v) is 9.94. The number of ketones is 1. The molecule has 0 aliphatic heterocycles. The first kappa shape index (κ1) is 35.9. The van der Waals surface area contributed by atoms with Crippen LogP contribution in [0.4, 0.5) is 5.69 Å². The Morgan fingerprint density at radius 1 is 1.12 bits per heavy atom. The minimum absolute atomic E-state index is 0.0200. The molecule has 2 saturated carbocycles. The molecule has 0 unspecified atom stereocenters. The number of nitrogens with two attached hydrogens (primary N) is 1. The van der Waals surface area contributed by atoms with Gasteiger partial charge in [-0.25, -0.2) is 0 Å². The molecular formula is C38H51N5O3S2. The van der Waals surface area contributed by atoms with E-state index in [9.17, 15) is 15.0 Å². The minimum atomic E-state index is -0.507. The summed E-state index contributed by atoms with van der Waals surface area (Å²) in [6.07, 6.45) is 6.02. The molecule has 5 rings (SSSR count). The standard InChI is InChI=1S/C38H51N5O3S2/c1-5-7-30-9-11-33(47-30)34-12-13-35(48-34)36(46)31-10-8-27(21-38(31)15-14-25(20-38)23-41-6-2)32(43-37(39)40-4)18-26-16-28(19-29(45)17-26)42-22-24(3)44/h9,11-13,16-17,19,24-25,27,31-32,41-42,44-45H,6,8,10,14-15,18,20-23H2,1-4H3,(H3,39,40,43)/t24-,25+,27+,31-,32-,38-/m0/s1. The Morgan fingerprint density at radius 2 is 1.92 bits per heavy atom. The van der Waals surface area contributed by atoms with Gasteiger partial charge >= 0.3 is 0 Å². The number of nitrogens with zero attached hydrogens (tertiary/aromatic N) is 1. The zero-order valence-electron chi connectivity index (χ0n) is 28.6. The van der Waals surface area contributed by atoms with Crippen molar-refractivity contribution < 1.29 is 15.0 Å². The number of hydrogen-bond donors (Lipinski definition) is 6. The summed E-state index contributed by atoms with van der Waals surface area (Å²) in [6, 6.07) is 13.8.